The zero-order chi connectivity index (χ0) is 20.0. The molecule has 0 N–H and O–H groups in total. The fourth-order valence-electron chi connectivity index (χ4n) is 3.69. The number of hydrogen-bond donors (Lipinski definition) is 0. The van der Waals surface area contributed by atoms with Gasteiger partial charge < -0.3 is 9.80 Å². The Hall–Kier alpha value is -2.94. The highest BCUT2D eigenvalue weighted by Gasteiger charge is 2.30. The lowest BCUT2D eigenvalue weighted by Gasteiger charge is -2.25. The quantitative estimate of drug-likeness (QED) is 0.615. The van der Waals surface area contributed by atoms with Crippen LogP contribution in [-0.2, 0) is 6.42 Å². The molecule has 1 atom stereocenters. The van der Waals surface area contributed by atoms with Gasteiger partial charge in [0.25, 0.3) is 5.91 Å². The smallest absolute Gasteiger partial charge is 0.270 e. The highest BCUT2D eigenvalue weighted by molar-refractivity contribution is 7.17. The molecule has 0 aromatic carbocycles. The average molecular weight is 413 g/mol. The summed E-state index contributed by atoms with van der Waals surface area (Å²) in [6.07, 6.45) is 3.42. The summed E-state index contributed by atoms with van der Waals surface area (Å²) in [6, 6.07) is 6.91. The Morgan fingerprint density at radius 1 is 1.17 bits per heavy atom. The fourth-order valence-corrected chi connectivity index (χ4v) is 4.77. The third-order valence-electron chi connectivity index (χ3n) is 5.19. The number of anilines is 2. The maximum absolute atomic E-state index is 14.7. The third kappa shape index (κ3) is 3.25. The van der Waals surface area contributed by atoms with Gasteiger partial charge in [-0.2, -0.15) is 4.39 Å². The molecule has 6 nitrogen and oxygen atoms in total. The summed E-state index contributed by atoms with van der Waals surface area (Å²) in [7, 11) is 0. The number of pyridine rings is 2. The second-order valence-electron chi connectivity index (χ2n) is 7.05. The van der Waals surface area contributed by atoms with Crippen LogP contribution in [0.4, 0.5) is 20.3 Å². The molecule has 29 heavy (non-hydrogen) atoms. The van der Waals surface area contributed by atoms with E-state index in [4.69, 9.17) is 0 Å². The zero-order valence-electron chi connectivity index (χ0n) is 15.4. The summed E-state index contributed by atoms with van der Waals surface area (Å²) in [5.74, 6) is -0.391. The van der Waals surface area contributed by atoms with Crippen LogP contribution in [0.5, 0.6) is 0 Å². The number of thiazole rings is 1. The maximum Gasteiger partial charge on any atom is 0.270 e. The predicted molar refractivity (Wildman–Crippen MR) is 107 cm³/mol. The highest BCUT2D eigenvalue weighted by Crippen LogP contribution is 2.34. The second kappa shape index (κ2) is 7.14. The maximum atomic E-state index is 14.7. The molecule has 0 saturated carbocycles. The highest BCUT2D eigenvalue weighted by atomic mass is 32.1. The molecule has 0 unspecified atom stereocenters. The zero-order valence-corrected chi connectivity index (χ0v) is 16.2. The number of aromatic nitrogens is 3. The van der Waals surface area contributed by atoms with Crippen LogP contribution in [0.3, 0.4) is 0 Å². The van der Waals surface area contributed by atoms with Crippen LogP contribution in [0.25, 0.3) is 10.6 Å². The van der Waals surface area contributed by atoms with Crippen LogP contribution in [0.1, 0.15) is 21.8 Å². The van der Waals surface area contributed by atoms with E-state index in [0.717, 1.165) is 5.69 Å². The summed E-state index contributed by atoms with van der Waals surface area (Å²) < 4.78 is 28.1. The molecule has 0 radical (unpaired) electrons. The largest absolute Gasteiger partial charge is 0.353 e. The second-order valence-corrected chi connectivity index (χ2v) is 8.05. The molecule has 0 aliphatic carbocycles. The van der Waals surface area contributed by atoms with Crippen molar-refractivity contribution in [2.45, 2.75) is 19.0 Å². The first-order chi connectivity index (χ1) is 14.1. The first-order valence-corrected chi connectivity index (χ1v) is 10.2. The van der Waals surface area contributed by atoms with Crippen molar-refractivity contribution in [2.75, 3.05) is 29.4 Å². The Morgan fingerprint density at radius 2 is 2.07 bits per heavy atom. The molecule has 1 saturated heterocycles. The fraction of sp³-hybridized carbons (Fsp3) is 0.300. The van der Waals surface area contributed by atoms with Crippen molar-refractivity contribution < 1.29 is 13.6 Å². The van der Waals surface area contributed by atoms with Gasteiger partial charge in [-0.05, 0) is 30.7 Å². The normalized spacial score (nSPS) is 19.0. The van der Waals surface area contributed by atoms with Crippen molar-refractivity contribution in [3.63, 3.8) is 0 Å². The molecule has 5 heterocycles. The Labute approximate surface area is 169 Å². The molecule has 2 aliphatic rings. The number of amides is 1. The molecule has 5 rings (SSSR count). The molecule has 3 aromatic heterocycles. The standard InChI is InChI=1S/C20H17F2N5OS/c21-12-5-8-26(11-12)16-4-3-14(18(22)25-16)19-24-15-6-9-27(20(28)17(15)29-19)13-2-1-7-23-10-13/h1-4,7,10,12H,5-6,8-9,11H2/t12-/m1/s1. The van der Waals surface area contributed by atoms with E-state index in [1.54, 1.807) is 40.4 Å². The number of nitrogens with zero attached hydrogens (tertiary/aromatic N) is 5. The number of halogens is 2. The molecule has 1 amide bonds. The molecule has 148 valence electrons. The Balaban J connectivity index is 1.43. The number of rotatable bonds is 3. The van der Waals surface area contributed by atoms with Crippen molar-refractivity contribution in [1.82, 2.24) is 15.0 Å². The van der Waals surface area contributed by atoms with Crippen LogP contribution < -0.4 is 9.80 Å². The van der Waals surface area contributed by atoms with Gasteiger partial charge in [0.05, 0.1) is 29.7 Å². The van der Waals surface area contributed by atoms with Gasteiger partial charge in [0.2, 0.25) is 5.95 Å². The SMILES string of the molecule is O=C1c2sc(-c3ccc(N4CC[C@@H](F)C4)nc3F)nc2CCN1c1cccnc1. The van der Waals surface area contributed by atoms with E-state index in [-0.39, 0.29) is 18.0 Å². The van der Waals surface area contributed by atoms with Crippen LogP contribution in [0.2, 0.25) is 0 Å². The van der Waals surface area contributed by atoms with Gasteiger partial charge in [-0.15, -0.1) is 11.3 Å². The number of alkyl halides is 1. The number of carbonyl (C=O) groups is 1. The van der Waals surface area contributed by atoms with Crippen molar-refractivity contribution >= 4 is 28.7 Å². The average Bonchev–Trinajstić information content (AvgIpc) is 3.36. The van der Waals surface area contributed by atoms with Gasteiger partial charge >= 0.3 is 0 Å². The lowest BCUT2D eigenvalue weighted by molar-refractivity contribution is 0.0984. The van der Waals surface area contributed by atoms with E-state index in [9.17, 15) is 13.6 Å². The van der Waals surface area contributed by atoms with E-state index < -0.39 is 12.1 Å². The summed E-state index contributed by atoms with van der Waals surface area (Å²) >= 11 is 1.17. The summed E-state index contributed by atoms with van der Waals surface area (Å²) in [5, 5.41) is 0.428. The third-order valence-corrected chi connectivity index (χ3v) is 6.30. The Kier molecular flexibility index (Phi) is 4.46. The van der Waals surface area contributed by atoms with E-state index in [1.165, 1.54) is 11.3 Å². The topological polar surface area (TPSA) is 62.2 Å². The minimum atomic E-state index is -0.904. The lowest BCUT2D eigenvalue weighted by atomic mass is 10.1. The van der Waals surface area contributed by atoms with E-state index in [1.807, 2.05) is 6.07 Å². The van der Waals surface area contributed by atoms with Gasteiger partial charge in [-0.1, -0.05) is 0 Å². The van der Waals surface area contributed by atoms with Crippen LogP contribution in [0, 0.1) is 5.95 Å². The molecular weight excluding hydrogens is 396 g/mol. The molecule has 1 fully saturated rings. The molecule has 3 aromatic rings. The summed E-state index contributed by atoms with van der Waals surface area (Å²) in [4.78, 5) is 29.4. The predicted octanol–water partition coefficient (Wildman–Crippen LogP) is 3.49. The molecule has 9 heteroatoms. The van der Waals surface area contributed by atoms with E-state index in [0.29, 0.717) is 47.3 Å². The molecule has 0 spiro atoms. The van der Waals surface area contributed by atoms with Crippen molar-refractivity contribution in [1.29, 1.82) is 0 Å². The first kappa shape index (κ1) is 18.1. The Morgan fingerprint density at radius 3 is 2.79 bits per heavy atom. The molecular formula is C20H17F2N5OS. The molecule has 0 bridgehead atoms. The van der Waals surface area contributed by atoms with Crippen molar-refractivity contribution in [2.24, 2.45) is 0 Å². The number of hydrogen-bond acceptors (Lipinski definition) is 6. The van der Waals surface area contributed by atoms with Crippen molar-refractivity contribution in [3.05, 3.63) is 53.2 Å². The van der Waals surface area contributed by atoms with Crippen LogP contribution in [0.15, 0.2) is 36.7 Å². The van der Waals surface area contributed by atoms with Gasteiger partial charge in [0.15, 0.2) is 0 Å². The summed E-state index contributed by atoms with van der Waals surface area (Å²) in [5.41, 5.74) is 1.66. The molecule has 2 aliphatic heterocycles. The lowest BCUT2D eigenvalue weighted by Crippen LogP contribution is -2.36. The van der Waals surface area contributed by atoms with E-state index >= 15 is 0 Å². The first-order valence-electron chi connectivity index (χ1n) is 9.37. The monoisotopic (exact) mass is 413 g/mol. The minimum Gasteiger partial charge on any atom is -0.353 e. The Bertz CT molecular complexity index is 1070. The van der Waals surface area contributed by atoms with E-state index in [2.05, 4.69) is 15.0 Å². The van der Waals surface area contributed by atoms with Gasteiger partial charge in [-0.25, -0.2) is 14.4 Å². The summed E-state index contributed by atoms with van der Waals surface area (Å²) in [6.45, 7) is 1.26. The number of fused-ring (bicyclic) bond motifs is 1. The van der Waals surface area contributed by atoms with Gasteiger partial charge in [0, 0.05) is 25.7 Å². The minimum absolute atomic E-state index is 0.154. The number of carbonyl (C=O) groups excluding carboxylic acids is 1. The van der Waals surface area contributed by atoms with Gasteiger partial charge in [0.1, 0.15) is 21.9 Å². The van der Waals surface area contributed by atoms with Gasteiger partial charge in [-0.3, -0.25) is 9.78 Å². The van der Waals surface area contributed by atoms with Crippen molar-refractivity contribution in [3.8, 4) is 10.6 Å². The van der Waals surface area contributed by atoms with Crippen LogP contribution in [-0.4, -0.2) is 46.7 Å². The van der Waals surface area contributed by atoms with Crippen LogP contribution >= 0.6 is 11.3 Å².